The summed E-state index contributed by atoms with van der Waals surface area (Å²) >= 11 is 6.03. The number of halogens is 1. The van der Waals surface area contributed by atoms with Gasteiger partial charge < -0.3 is 25.2 Å². The molecule has 1 aliphatic carbocycles. The Morgan fingerprint density at radius 3 is 2.76 bits per heavy atom. The van der Waals surface area contributed by atoms with E-state index in [2.05, 4.69) is 0 Å². The molecule has 2 fully saturated rings. The van der Waals surface area contributed by atoms with Crippen LogP contribution in [0.1, 0.15) is 29.6 Å². The molecule has 0 bridgehead atoms. The van der Waals surface area contributed by atoms with Crippen LogP contribution in [0.5, 0.6) is 5.75 Å². The van der Waals surface area contributed by atoms with Crippen molar-refractivity contribution >= 4 is 17.5 Å². The number of aliphatic hydroxyl groups excluding tert-OH is 1. The first-order valence-corrected chi connectivity index (χ1v) is 9.02. The zero-order chi connectivity index (χ0) is 18.0. The predicted molar refractivity (Wildman–Crippen MR) is 95.0 cm³/mol. The van der Waals surface area contributed by atoms with Gasteiger partial charge in [-0.1, -0.05) is 11.6 Å². The molecule has 1 spiro atoms. The normalized spacial score (nSPS) is 24.9. The Labute approximate surface area is 152 Å². The molecule has 1 heterocycles. The topological polar surface area (TPSA) is 85.0 Å². The molecule has 1 amide bonds. The Hall–Kier alpha value is -1.34. The summed E-state index contributed by atoms with van der Waals surface area (Å²) in [6.07, 6.45) is 1.75. The molecule has 25 heavy (non-hydrogen) atoms. The molecule has 1 aromatic carbocycles. The number of carbonyl (C=O) groups is 1. The zero-order valence-electron chi connectivity index (χ0n) is 14.4. The van der Waals surface area contributed by atoms with Crippen molar-refractivity contribution in [3.63, 3.8) is 0 Å². The van der Waals surface area contributed by atoms with E-state index in [1.54, 1.807) is 23.1 Å². The van der Waals surface area contributed by atoms with Crippen molar-refractivity contribution in [1.29, 1.82) is 0 Å². The fourth-order valence-electron chi connectivity index (χ4n) is 3.97. The Kier molecular flexibility index (Phi) is 5.53. The molecule has 138 valence electrons. The standard InChI is InChI=1S/C18H25ClN2O4/c1-24-14-3-2-12(19)10-13(14)17(23)21-7-4-18(5-8-21)15(22)11-16(18)25-9-6-20/h2-3,10,15-16,22H,4-9,11,20H2,1H3/t15-,16+/m1/s1. The quantitative estimate of drug-likeness (QED) is 0.826. The highest BCUT2D eigenvalue weighted by molar-refractivity contribution is 6.31. The Balaban J connectivity index is 1.68. The molecule has 2 aliphatic rings. The summed E-state index contributed by atoms with van der Waals surface area (Å²) in [4.78, 5) is 14.7. The molecular formula is C18H25ClN2O4. The van der Waals surface area contributed by atoms with Gasteiger partial charge >= 0.3 is 0 Å². The maximum absolute atomic E-state index is 12.9. The number of benzene rings is 1. The minimum Gasteiger partial charge on any atom is -0.496 e. The second-order valence-corrected chi connectivity index (χ2v) is 7.21. The van der Waals surface area contributed by atoms with Gasteiger partial charge in [0.15, 0.2) is 0 Å². The van der Waals surface area contributed by atoms with Crippen LogP contribution in [-0.2, 0) is 4.74 Å². The molecule has 7 heteroatoms. The van der Waals surface area contributed by atoms with Gasteiger partial charge in [0, 0.05) is 36.5 Å². The molecule has 1 saturated heterocycles. The maximum Gasteiger partial charge on any atom is 0.257 e. The molecule has 3 rings (SSSR count). The van der Waals surface area contributed by atoms with E-state index in [1.165, 1.54) is 7.11 Å². The summed E-state index contributed by atoms with van der Waals surface area (Å²) in [6, 6.07) is 5.04. The van der Waals surface area contributed by atoms with Crippen LogP contribution in [0, 0.1) is 5.41 Å². The van der Waals surface area contributed by atoms with Crippen LogP contribution in [0.15, 0.2) is 18.2 Å². The van der Waals surface area contributed by atoms with Crippen molar-refractivity contribution in [2.75, 3.05) is 33.4 Å². The lowest BCUT2D eigenvalue weighted by atomic mass is 9.58. The van der Waals surface area contributed by atoms with Crippen molar-refractivity contribution in [2.24, 2.45) is 11.1 Å². The lowest BCUT2D eigenvalue weighted by Crippen LogP contribution is -2.62. The average Bonchev–Trinajstić information content (AvgIpc) is 2.64. The van der Waals surface area contributed by atoms with E-state index in [0.717, 1.165) is 12.8 Å². The van der Waals surface area contributed by atoms with Crippen molar-refractivity contribution < 1.29 is 19.4 Å². The monoisotopic (exact) mass is 368 g/mol. The van der Waals surface area contributed by atoms with Gasteiger partial charge in [0.05, 0.1) is 31.5 Å². The van der Waals surface area contributed by atoms with E-state index in [1.807, 2.05) is 0 Å². The van der Waals surface area contributed by atoms with E-state index >= 15 is 0 Å². The number of methoxy groups -OCH3 is 1. The minimum atomic E-state index is -0.367. The Bertz CT molecular complexity index is 632. The van der Waals surface area contributed by atoms with Gasteiger partial charge in [-0.05, 0) is 31.0 Å². The molecular weight excluding hydrogens is 344 g/mol. The molecule has 1 aromatic rings. The number of carbonyl (C=O) groups excluding carboxylic acids is 1. The second kappa shape index (κ2) is 7.50. The van der Waals surface area contributed by atoms with E-state index in [9.17, 15) is 9.90 Å². The molecule has 3 N–H and O–H groups in total. The third-order valence-electron chi connectivity index (χ3n) is 5.55. The lowest BCUT2D eigenvalue weighted by Gasteiger charge is -2.56. The third kappa shape index (κ3) is 3.36. The van der Waals surface area contributed by atoms with Gasteiger partial charge in [-0.3, -0.25) is 4.79 Å². The first-order chi connectivity index (χ1) is 12.0. The molecule has 1 aliphatic heterocycles. The van der Waals surface area contributed by atoms with Crippen LogP contribution < -0.4 is 10.5 Å². The number of aliphatic hydroxyl groups is 1. The number of nitrogens with two attached hydrogens (primary N) is 1. The predicted octanol–water partition coefficient (Wildman–Crippen LogP) is 1.68. The minimum absolute atomic E-state index is 0.0315. The number of ether oxygens (including phenoxy) is 2. The van der Waals surface area contributed by atoms with Crippen molar-refractivity contribution in [3.05, 3.63) is 28.8 Å². The van der Waals surface area contributed by atoms with Crippen molar-refractivity contribution in [1.82, 2.24) is 4.90 Å². The summed E-state index contributed by atoms with van der Waals surface area (Å²) in [7, 11) is 1.54. The fraction of sp³-hybridized carbons (Fsp3) is 0.611. The Morgan fingerprint density at radius 2 is 2.16 bits per heavy atom. The van der Waals surface area contributed by atoms with Crippen LogP contribution in [0.2, 0.25) is 5.02 Å². The smallest absolute Gasteiger partial charge is 0.257 e. The summed E-state index contributed by atoms with van der Waals surface area (Å²) < 4.78 is 11.1. The van der Waals surface area contributed by atoms with Crippen LogP contribution in [-0.4, -0.2) is 61.5 Å². The Morgan fingerprint density at radius 1 is 1.44 bits per heavy atom. The van der Waals surface area contributed by atoms with Crippen molar-refractivity contribution in [3.8, 4) is 5.75 Å². The number of rotatable bonds is 5. The molecule has 0 radical (unpaired) electrons. The molecule has 2 atom stereocenters. The van der Waals surface area contributed by atoms with Crippen LogP contribution in [0.3, 0.4) is 0 Å². The number of amides is 1. The average molecular weight is 369 g/mol. The third-order valence-corrected chi connectivity index (χ3v) is 5.79. The number of nitrogens with zero attached hydrogens (tertiary/aromatic N) is 1. The SMILES string of the molecule is COc1ccc(Cl)cc1C(=O)N1CCC2(CC1)[C@H](O)C[C@@H]2OCCN. The van der Waals surface area contributed by atoms with E-state index in [-0.39, 0.29) is 23.5 Å². The number of hydrogen-bond donors (Lipinski definition) is 2. The van der Waals surface area contributed by atoms with E-state index < -0.39 is 0 Å². The molecule has 0 unspecified atom stereocenters. The van der Waals surface area contributed by atoms with Gasteiger partial charge in [-0.25, -0.2) is 0 Å². The van der Waals surface area contributed by atoms with Gasteiger partial charge in [0.1, 0.15) is 5.75 Å². The van der Waals surface area contributed by atoms with Gasteiger partial charge in [-0.15, -0.1) is 0 Å². The fourth-order valence-corrected chi connectivity index (χ4v) is 4.14. The van der Waals surface area contributed by atoms with Gasteiger partial charge in [0.25, 0.3) is 5.91 Å². The maximum atomic E-state index is 12.9. The molecule has 0 aromatic heterocycles. The van der Waals surface area contributed by atoms with Crippen LogP contribution >= 0.6 is 11.6 Å². The summed E-state index contributed by atoms with van der Waals surface area (Å²) in [5.41, 5.74) is 5.73. The van der Waals surface area contributed by atoms with Gasteiger partial charge in [-0.2, -0.15) is 0 Å². The zero-order valence-corrected chi connectivity index (χ0v) is 15.2. The first-order valence-electron chi connectivity index (χ1n) is 8.64. The first kappa shape index (κ1) is 18.5. The van der Waals surface area contributed by atoms with E-state index in [4.69, 9.17) is 26.8 Å². The highest BCUT2D eigenvalue weighted by Crippen LogP contribution is 2.51. The van der Waals surface area contributed by atoms with Crippen LogP contribution in [0.4, 0.5) is 0 Å². The number of likely N-dealkylation sites (tertiary alicyclic amines) is 1. The van der Waals surface area contributed by atoms with Crippen LogP contribution in [0.25, 0.3) is 0 Å². The summed E-state index contributed by atoms with van der Waals surface area (Å²) in [6.45, 7) is 2.13. The highest BCUT2D eigenvalue weighted by Gasteiger charge is 2.56. The van der Waals surface area contributed by atoms with Crippen molar-refractivity contribution in [2.45, 2.75) is 31.5 Å². The number of piperidine rings is 1. The highest BCUT2D eigenvalue weighted by atomic mass is 35.5. The number of hydrogen-bond acceptors (Lipinski definition) is 5. The second-order valence-electron chi connectivity index (χ2n) is 6.77. The van der Waals surface area contributed by atoms with E-state index in [0.29, 0.717) is 49.0 Å². The largest absolute Gasteiger partial charge is 0.496 e. The molecule has 6 nitrogen and oxygen atoms in total. The lowest BCUT2D eigenvalue weighted by molar-refractivity contribution is -0.207. The molecule has 1 saturated carbocycles. The summed E-state index contributed by atoms with van der Waals surface area (Å²) in [5.74, 6) is 0.421. The summed E-state index contributed by atoms with van der Waals surface area (Å²) in [5, 5.41) is 10.8. The van der Waals surface area contributed by atoms with Gasteiger partial charge in [0.2, 0.25) is 0 Å².